The quantitative estimate of drug-likeness (QED) is 0.227. The van der Waals surface area contributed by atoms with Gasteiger partial charge in [0.2, 0.25) is 0 Å². The first-order chi connectivity index (χ1) is 14.4. The Morgan fingerprint density at radius 1 is 1.10 bits per heavy atom. The standard InChI is InChI=1S/C23H43N5O2.HI/c1-23(2,3)30-22(29)28(18-19-8-9-19)20-10-16-27(17-11-20)21(24-4)25-12-7-15-26-13-5-6-14-26;/h19-20H,5-18H2,1-4H3,(H,24,25);1H. The van der Waals surface area contributed by atoms with E-state index >= 15 is 0 Å². The maximum absolute atomic E-state index is 12.8. The maximum Gasteiger partial charge on any atom is 0.410 e. The number of halogens is 1. The number of piperidine rings is 1. The van der Waals surface area contributed by atoms with Gasteiger partial charge < -0.3 is 24.8 Å². The Hall–Kier alpha value is -0.770. The summed E-state index contributed by atoms with van der Waals surface area (Å²) >= 11 is 0. The molecule has 0 aromatic heterocycles. The van der Waals surface area contributed by atoms with Crippen molar-refractivity contribution in [2.75, 3.05) is 52.9 Å². The fourth-order valence-corrected chi connectivity index (χ4v) is 4.50. The lowest BCUT2D eigenvalue weighted by atomic mass is 10.0. The predicted molar refractivity (Wildman–Crippen MR) is 137 cm³/mol. The zero-order valence-corrected chi connectivity index (χ0v) is 22.4. The summed E-state index contributed by atoms with van der Waals surface area (Å²) in [6.45, 7) is 13.2. The lowest BCUT2D eigenvalue weighted by molar-refractivity contribution is 0.00928. The van der Waals surface area contributed by atoms with Crippen molar-refractivity contribution < 1.29 is 9.53 Å². The Kier molecular flexibility index (Phi) is 10.6. The first-order valence-electron chi connectivity index (χ1n) is 12.0. The van der Waals surface area contributed by atoms with Crippen LogP contribution in [-0.4, -0.2) is 91.3 Å². The summed E-state index contributed by atoms with van der Waals surface area (Å²) in [5.74, 6) is 1.67. The summed E-state index contributed by atoms with van der Waals surface area (Å²) in [6, 6.07) is 0.268. The third-order valence-electron chi connectivity index (χ3n) is 6.33. The first kappa shape index (κ1) is 26.5. The van der Waals surface area contributed by atoms with E-state index in [1.54, 1.807) is 0 Å². The number of amides is 1. The van der Waals surface area contributed by atoms with Gasteiger partial charge in [-0.25, -0.2) is 4.79 Å². The van der Waals surface area contributed by atoms with Crippen LogP contribution in [0.2, 0.25) is 0 Å². The number of nitrogens with zero attached hydrogens (tertiary/aromatic N) is 4. The van der Waals surface area contributed by atoms with Crippen LogP contribution in [0.4, 0.5) is 4.79 Å². The minimum absolute atomic E-state index is 0. The zero-order chi connectivity index (χ0) is 21.6. The molecule has 7 nitrogen and oxygen atoms in total. The minimum Gasteiger partial charge on any atom is -0.444 e. The Bertz CT molecular complexity index is 577. The molecule has 0 radical (unpaired) electrons. The second kappa shape index (κ2) is 12.5. The molecule has 3 aliphatic rings. The van der Waals surface area contributed by atoms with Gasteiger partial charge in [0.15, 0.2) is 5.96 Å². The van der Waals surface area contributed by atoms with E-state index in [4.69, 9.17) is 4.74 Å². The molecule has 0 spiro atoms. The molecule has 2 heterocycles. The normalized spacial score (nSPS) is 21.0. The molecule has 0 atom stereocenters. The van der Waals surface area contributed by atoms with Crippen molar-refractivity contribution in [2.45, 2.75) is 77.4 Å². The first-order valence-corrected chi connectivity index (χ1v) is 12.0. The topological polar surface area (TPSA) is 60.4 Å². The highest BCUT2D eigenvalue weighted by Crippen LogP contribution is 2.32. The average Bonchev–Trinajstić information content (AvgIpc) is 3.37. The number of likely N-dealkylation sites (tertiary alicyclic amines) is 2. The molecule has 3 rings (SSSR count). The van der Waals surface area contributed by atoms with E-state index in [0.29, 0.717) is 5.92 Å². The summed E-state index contributed by atoms with van der Waals surface area (Å²) < 4.78 is 5.72. The number of ether oxygens (including phenoxy) is 1. The maximum atomic E-state index is 12.8. The number of rotatable bonds is 7. The SMILES string of the molecule is CN=C(NCCCN1CCCC1)N1CCC(N(CC2CC2)C(=O)OC(C)(C)C)CC1.I. The molecule has 1 saturated carbocycles. The lowest BCUT2D eigenvalue weighted by Gasteiger charge is -2.40. The highest BCUT2D eigenvalue weighted by Gasteiger charge is 2.35. The van der Waals surface area contributed by atoms with Crippen LogP contribution in [0.15, 0.2) is 4.99 Å². The number of nitrogens with one attached hydrogen (secondary N) is 1. The van der Waals surface area contributed by atoms with Crippen LogP contribution < -0.4 is 5.32 Å². The van der Waals surface area contributed by atoms with E-state index in [1.165, 1.54) is 45.3 Å². The molecule has 0 unspecified atom stereocenters. The van der Waals surface area contributed by atoms with Gasteiger partial charge in [-0.2, -0.15) is 0 Å². The minimum atomic E-state index is -0.444. The van der Waals surface area contributed by atoms with E-state index < -0.39 is 5.60 Å². The van der Waals surface area contributed by atoms with Crippen LogP contribution in [0.3, 0.4) is 0 Å². The Labute approximate surface area is 206 Å². The van der Waals surface area contributed by atoms with E-state index in [1.807, 2.05) is 32.7 Å². The largest absolute Gasteiger partial charge is 0.444 e. The summed E-state index contributed by atoms with van der Waals surface area (Å²) in [6.07, 6.45) is 8.15. The molecule has 31 heavy (non-hydrogen) atoms. The van der Waals surface area contributed by atoms with Crippen molar-refractivity contribution in [2.24, 2.45) is 10.9 Å². The third kappa shape index (κ3) is 8.94. The van der Waals surface area contributed by atoms with Gasteiger partial charge in [-0.05, 0) is 91.3 Å². The van der Waals surface area contributed by atoms with Gasteiger partial charge in [0.25, 0.3) is 0 Å². The van der Waals surface area contributed by atoms with E-state index in [-0.39, 0.29) is 36.1 Å². The summed E-state index contributed by atoms with van der Waals surface area (Å²) in [7, 11) is 1.87. The van der Waals surface area contributed by atoms with Crippen LogP contribution in [-0.2, 0) is 4.74 Å². The molecule has 1 aliphatic carbocycles. The third-order valence-corrected chi connectivity index (χ3v) is 6.33. The number of aliphatic imine (C=N–C) groups is 1. The van der Waals surface area contributed by atoms with Gasteiger partial charge in [-0.15, -0.1) is 24.0 Å². The molecular weight excluding hydrogens is 505 g/mol. The molecule has 0 bridgehead atoms. The van der Waals surface area contributed by atoms with Crippen molar-refractivity contribution in [3.05, 3.63) is 0 Å². The number of carbonyl (C=O) groups excluding carboxylic acids is 1. The summed E-state index contributed by atoms with van der Waals surface area (Å²) in [5, 5.41) is 3.55. The number of hydrogen-bond acceptors (Lipinski definition) is 4. The van der Waals surface area contributed by atoms with Gasteiger partial charge >= 0.3 is 6.09 Å². The molecule has 0 aromatic rings. The molecule has 3 fully saturated rings. The van der Waals surface area contributed by atoms with E-state index in [0.717, 1.165) is 51.4 Å². The van der Waals surface area contributed by atoms with Crippen molar-refractivity contribution in [1.29, 1.82) is 0 Å². The molecule has 0 aromatic carbocycles. The second-order valence-corrected chi connectivity index (χ2v) is 10.2. The summed E-state index contributed by atoms with van der Waals surface area (Å²) in [4.78, 5) is 24.3. The smallest absolute Gasteiger partial charge is 0.410 e. The van der Waals surface area contributed by atoms with Gasteiger partial charge in [0.1, 0.15) is 5.60 Å². The molecule has 1 N–H and O–H groups in total. The van der Waals surface area contributed by atoms with E-state index in [2.05, 4.69) is 20.1 Å². The van der Waals surface area contributed by atoms with Crippen LogP contribution >= 0.6 is 24.0 Å². The number of carbonyl (C=O) groups is 1. The van der Waals surface area contributed by atoms with Gasteiger partial charge in [-0.1, -0.05) is 0 Å². The monoisotopic (exact) mass is 549 g/mol. The highest BCUT2D eigenvalue weighted by atomic mass is 127. The van der Waals surface area contributed by atoms with Crippen molar-refractivity contribution >= 4 is 36.0 Å². The van der Waals surface area contributed by atoms with Gasteiger partial charge in [0, 0.05) is 39.3 Å². The molecule has 2 saturated heterocycles. The molecule has 2 aliphatic heterocycles. The highest BCUT2D eigenvalue weighted by molar-refractivity contribution is 14.0. The van der Waals surface area contributed by atoms with Crippen LogP contribution in [0.5, 0.6) is 0 Å². The molecular formula is C23H44IN5O2. The predicted octanol–water partition coefficient (Wildman–Crippen LogP) is 3.78. The van der Waals surface area contributed by atoms with Crippen molar-refractivity contribution in [3.63, 3.8) is 0 Å². The Balaban J connectivity index is 0.00000341. The Morgan fingerprint density at radius 2 is 1.74 bits per heavy atom. The van der Waals surface area contributed by atoms with Crippen molar-refractivity contribution in [3.8, 4) is 0 Å². The fourth-order valence-electron chi connectivity index (χ4n) is 4.50. The lowest BCUT2D eigenvalue weighted by Crippen LogP contribution is -2.52. The Morgan fingerprint density at radius 3 is 2.29 bits per heavy atom. The van der Waals surface area contributed by atoms with Crippen LogP contribution in [0, 0.1) is 5.92 Å². The molecule has 1 amide bonds. The summed E-state index contributed by atoms with van der Waals surface area (Å²) in [5.41, 5.74) is -0.444. The zero-order valence-electron chi connectivity index (χ0n) is 20.1. The van der Waals surface area contributed by atoms with Crippen LogP contribution in [0.25, 0.3) is 0 Å². The average molecular weight is 550 g/mol. The fraction of sp³-hybridized carbons (Fsp3) is 0.913. The molecule has 180 valence electrons. The van der Waals surface area contributed by atoms with Crippen molar-refractivity contribution in [1.82, 2.24) is 20.0 Å². The van der Waals surface area contributed by atoms with Gasteiger partial charge in [-0.3, -0.25) is 4.99 Å². The second-order valence-electron chi connectivity index (χ2n) is 10.2. The van der Waals surface area contributed by atoms with E-state index in [9.17, 15) is 4.79 Å². The number of guanidine groups is 1. The molecule has 8 heteroatoms. The number of hydrogen-bond donors (Lipinski definition) is 1. The van der Waals surface area contributed by atoms with Crippen LogP contribution in [0.1, 0.15) is 65.7 Å². The van der Waals surface area contributed by atoms with Gasteiger partial charge in [0.05, 0.1) is 0 Å².